The van der Waals surface area contributed by atoms with Crippen LogP contribution in [0, 0.1) is 5.41 Å². The zero-order valence-corrected chi connectivity index (χ0v) is 10.9. The second-order valence-corrected chi connectivity index (χ2v) is 5.49. The number of ketones is 1. The van der Waals surface area contributed by atoms with Crippen molar-refractivity contribution < 1.29 is 19.4 Å². The molecule has 0 radical (unpaired) electrons. The molecule has 2 aromatic heterocycles. The maximum Gasteiger partial charge on any atom is 0.319 e. The quantitative estimate of drug-likeness (QED) is 0.848. The topological polar surface area (TPSA) is 80.9 Å². The number of thiazole rings is 1. The molecule has 0 amide bonds. The van der Waals surface area contributed by atoms with E-state index in [1.807, 2.05) is 16.0 Å². The van der Waals surface area contributed by atoms with Crippen molar-refractivity contribution in [2.24, 2.45) is 5.41 Å². The van der Waals surface area contributed by atoms with Crippen LogP contribution < -0.4 is 0 Å². The summed E-state index contributed by atoms with van der Waals surface area (Å²) in [4.78, 5) is 28.7. The molecular weight excluding hydrogens is 268 g/mol. The summed E-state index contributed by atoms with van der Waals surface area (Å²) in [6.07, 6.45) is 3.84. The fraction of sp³-hybridized carbons (Fsp3) is 0.417. The van der Waals surface area contributed by atoms with Crippen LogP contribution in [0.3, 0.4) is 0 Å². The van der Waals surface area contributed by atoms with Gasteiger partial charge in [-0.25, -0.2) is 4.98 Å². The highest BCUT2D eigenvalue weighted by Gasteiger charge is 2.48. The van der Waals surface area contributed by atoms with Crippen LogP contribution in [0.1, 0.15) is 12.1 Å². The van der Waals surface area contributed by atoms with Crippen LogP contribution in [-0.2, 0) is 20.7 Å². The smallest absolute Gasteiger partial charge is 0.319 e. The van der Waals surface area contributed by atoms with E-state index in [4.69, 9.17) is 4.74 Å². The predicted molar refractivity (Wildman–Crippen MR) is 67.3 cm³/mol. The van der Waals surface area contributed by atoms with Gasteiger partial charge in [-0.15, -0.1) is 11.3 Å². The Labute approximate surface area is 112 Å². The normalized spacial score (nSPS) is 23.9. The number of aromatic nitrogens is 2. The van der Waals surface area contributed by atoms with Crippen LogP contribution in [0.2, 0.25) is 0 Å². The number of fused-ring (bicyclic) bond motifs is 1. The van der Waals surface area contributed by atoms with Crippen LogP contribution in [0.4, 0.5) is 0 Å². The van der Waals surface area contributed by atoms with Gasteiger partial charge in [0.2, 0.25) is 0 Å². The number of hydrogen-bond acceptors (Lipinski definition) is 5. The molecule has 0 aromatic carbocycles. The highest BCUT2D eigenvalue weighted by atomic mass is 32.1. The number of carboxylic acids is 1. The molecule has 1 saturated heterocycles. The number of nitrogens with zero attached hydrogens (tertiary/aromatic N) is 2. The van der Waals surface area contributed by atoms with Crippen molar-refractivity contribution in [3.05, 3.63) is 23.5 Å². The molecule has 3 heterocycles. The molecule has 0 saturated carbocycles. The maximum absolute atomic E-state index is 12.0. The molecule has 0 bridgehead atoms. The van der Waals surface area contributed by atoms with E-state index in [2.05, 4.69) is 4.98 Å². The second kappa shape index (κ2) is 4.43. The standard InChI is InChI=1S/C12H12N2O4S/c15-9-1-3-18-7-12(9,10(16)17)5-8-6-14-2-4-19-11(14)13-8/h2,4,6H,1,3,5,7H2,(H,16,17). The third kappa shape index (κ3) is 1.95. The lowest BCUT2D eigenvalue weighted by molar-refractivity contribution is -0.164. The average Bonchev–Trinajstić information content (AvgIpc) is 2.92. The molecule has 1 aliphatic heterocycles. The summed E-state index contributed by atoms with van der Waals surface area (Å²) < 4.78 is 7.03. The largest absolute Gasteiger partial charge is 0.480 e. The molecule has 100 valence electrons. The van der Waals surface area contributed by atoms with Gasteiger partial charge in [-0.1, -0.05) is 0 Å². The summed E-state index contributed by atoms with van der Waals surface area (Å²) in [5, 5.41) is 11.3. The van der Waals surface area contributed by atoms with Crippen LogP contribution in [-0.4, -0.2) is 39.5 Å². The van der Waals surface area contributed by atoms with Crippen molar-refractivity contribution in [2.75, 3.05) is 13.2 Å². The Kier molecular flexibility index (Phi) is 2.87. The fourth-order valence-corrected chi connectivity index (χ4v) is 3.03. The van der Waals surface area contributed by atoms with E-state index in [0.29, 0.717) is 12.3 Å². The number of Topliss-reactive ketones (excluding diaryl/α,β-unsaturated/α-hetero) is 1. The van der Waals surface area contributed by atoms with Crippen molar-refractivity contribution in [1.82, 2.24) is 9.38 Å². The number of rotatable bonds is 3. The average molecular weight is 280 g/mol. The van der Waals surface area contributed by atoms with Gasteiger partial charge < -0.3 is 9.84 Å². The third-order valence-electron chi connectivity index (χ3n) is 3.39. The maximum atomic E-state index is 12.0. The zero-order valence-electron chi connectivity index (χ0n) is 10.0. The Hall–Kier alpha value is -1.73. The van der Waals surface area contributed by atoms with Gasteiger partial charge in [0, 0.05) is 30.6 Å². The van der Waals surface area contributed by atoms with E-state index in [1.54, 1.807) is 6.20 Å². The van der Waals surface area contributed by atoms with Crippen LogP contribution in [0.5, 0.6) is 0 Å². The van der Waals surface area contributed by atoms with Gasteiger partial charge in [0.05, 0.1) is 18.9 Å². The predicted octanol–water partition coefficient (Wildman–Crippen LogP) is 0.999. The molecule has 6 nitrogen and oxygen atoms in total. The number of hydrogen-bond donors (Lipinski definition) is 1. The van der Waals surface area contributed by atoms with Crippen LogP contribution >= 0.6 is 11.3 Å². The van der Waals surface area contributed by atoms with Gasteiger partial charge in [0.15, 0.2) is 16.2 Å². The highest BCUT2D eigenvalue weighted by molar-refractivity contribution is 7.15. The molecule has 1 N–H and O–H groups in total. The molecule has 1 fully saturated rings. The summed E-state index contributed by atoms with van der Waals surface area (Å²) in [5.41, 5.74) is -0.879. The van der Waals surface area contributed by atoms with Gasteiger partial charge in [-0.3, -0.25) is 14.0 Å². The Morgan fingerprint density at radius 1 is 1.63 bits per heavy atom. The first kappa shape index (κ1) is 12.3. The van der Waals surface area contributed by atoms with Gasteiger partial charge in [-0.05, 0) is 0 Å². The highest BCUT2D eigenvalue weighted by Crippen LogP contribution is 2.30. The minimum atomic E-state index is -1.48. The van der Waals surface area contributed by atoms with Gasteiger partial charge in [0.1, 0.15) is 0 Å². The van der Waals surface area contributed by atoms with Crippen LogP contribution in [0.15, 0.2) is 17.8 Å². The number of carbonyl (C=O) groups excluding carboxylic acids is 1. The summed E-state index contributed by atoms with van der Waals surface area (Å²) in [5.74, 6) is -1.41. The first-order valence-corrected chi connectivity index (χ1v) is 6.75. The summed E-state index contributed by atoms with van der Waals surface area (Å²) in [6, 6.07) is 0. The molecule has 0 spiro atoms. The van der Waals surface area contributed by atoms with E-state index in [9.17, 15) is 14.7 Å². The lowest BCUT2D eigenvalue weighted by Gasteiger charge is -2.30. The number of carboxylic acid groups (broad SMARTS) is 1. The summed E-state index contributed by atoms with van der Waals surface area (Å²) in [7, 11) is 0. The Bertz CT molecular complexity index is 618. The van der Waals surface area contributed by atoms with Gasteiger partial charge in [0.25, 0.3) is 0 Å². The number of aliphatic carboxylic acids is 1. The second-order valence-electron chi connectivity index (χ2n) is 4.61. The molecule has 1 unspecified atom stereocenters. The number of imidazole rings is 1. The van der Waals surface area contributed by atoms with Crippen LogP contribution in [0.25, 0.3) is 4.96 Å². The van der Waals surface area contributed by atoms with Gasteiger partial charge >= 0.3 is 5.97 Å². The van der Waals surface area contributed by atoms with Gasteiger partial charge in [-0.2, -0.15) is 0 Å². The number of ether oxygens (including phenoxy) is 1. The summed E-state index contributed by atoms with van der Waals surface area (Å²) in [6.45, 7) is 0.221. The Morgan fingerprint density at radius 3 is 3.16 bits per heavy atom. The van der Waals surface area contributed by atoms with E-state index in [0.717, 1.165) is 4.96 Å². The molecule has 1 aliphatic rings. The molecule has 1 atom stereocenters. The van der Waals surface area contributed by atoms with E-state index in [1.165, 1.54) is 11.3 Å². The van der Waals surface area contributed by atoms with Crippen molar-refractivity contribution in [1.29, 1.82) is 0 Å². The molecule has 7 heteroatoms. The Balaban J connectivity index is 1.95. The first-order chi connectivity index (χ1) is 9.12. The van der Waals surface area contributed by atoms with E-state index >= 15 is 0 Å². The Morgan fingerprint density at radius 2 is 2.47 bits per heavy atom. The monoisotopic (exact) mass is 280 g/mol. The first-order valence-electron chi connectivity index (χ1n) is 5.87. The van der Waals surface area contributed by atoms with E-state index in [-0.39, 0.29) is 25.2 Å². The third-order valence-corrected chi connectivity index (χ3v) is 4.16. The van der Waals surface area contributed by atoms with Crippen molar-refractivity contribution in [2.45, 2.75) is 12.8 Å². The van der Waals surface area contributed by atoms with Crippen molar-refractivity contribution >= 4 is 28.1 Å². The molecular formula is C12H12N2O4S. The van der Waals surface area contributed by atoms with Crippen molar-refractivity contribution in [3.8, 4) is 0 Å². The minimum absolute atomic E-state index is 0.0770. The zero-order chi connectivity index (χ0) is 13.5. The lowest BCUT2D eigenvalue weighted by atomic mass is 9.77. The van der Waals surface area contributed by atoms with Crippen molar-refractivity contribution in [3.63, 3.8) is 0 Å². The lowest BCUT2D eigenvalue weighted by Crippen LogP contribution is -2.48. The minimum Gasteiger partial charge on any atom is -0.480 e. The molecule has 2 aromatic rings. The molecule has 3 rings (SSSR count). The van der Waals surface area contributed by atoms with E-state index < -0.39 is 11.4 Å². The fourth-order valence-electron chi connectivity index (χ4n) is 2.31. The SMILES string of the molecule is O=C(O)C1(Cc2cn3ccsc3n2)COCCC1=O. The number of carbonyl (C=O) groups is 2. The molecule has 0 aliphatic carbocycles. The molecule has 19 heavy (non-hydrogen) atoms. The summed E-state index contributed by atoms with van der Waals surface area (Å²) >= 11 is 1.47.